The minimum atomic E-state index is -3.78. The topological polar surface area (TPSA) is 135 Å². The van der Waals surface area contributed by atoms with Gasteiger partial charge in [-0.15, -0.1) is 17.5 Å². The molecule has 0 radical (unpaired) electrons. The molecule has 0 aromatic heterocycles. The summed E-state index contributed by atoms with van der Waals surface area (Å²) >= 11 is 0. The number of guanidine groups is 1. The van der Waals surface area contributed by atoms with Gasteiger partial charge in [-0.05, 0) is 42.7 Å². The number of aryl methyl sites for hydroxylation is 1. The molecule has 0 unspecified atom stereocenters. The number of hydrogen-bond acceptors (Lipinski definition) is 6. The van der Waals surface area contributed by atoms with Gasteiger partial charge in [0.15, 0.2) is 0 Å². The number of ether oxygens (including phenoxy) is 1. The summed E-state index contributed by atoms with van der Waals surface area (Å²) in [5, 5.41) is 7.78. The minimum Gasteiger partial charge on any atom is -0.490 e. The second-order valence-electron chi connectivity index (χ2n) is 6.95. The fraction of sp³-hybridized carbons (Fsp3) is 0.263. The highest BCUT2D eigenvalue weighted by atomic mass is 35.5. The van der Waals surface area contributed by atoms with Gasteiger partial charge in [0.2, 0.25) is 5.96 Å². The van der Waals surface area contributed by atoms with Crippen LogP contribution in [0.2, 0.25) is 0 Å². The van der Waals surface area contributed by atoms with Crippen molar-refractivity contribution in [3.63, 3.8) is 0 Å². The molecule has 0 saturated heterocycles. The Kier molecular flexibility index (Phi) is 6.09. The number of rotatable bonds is 4. The highest BCUT2D eigenvalue weighted by Gasteiger charge is 2.23. The van der Waals surface area contributed by atoms with E-state index in [1.54, 1.807) is 30.3 Å². The first-order valence-corrected chi connectivity index (χ1v) is 10.6. The molecule has 0 spiro atoms. The summed E-state index contributed by atoms with van der Waals surface area (Å²) in [7, 11) is -1.84. The molecule has 1 aliphatic carbocycles. The molecule has 4 rings (SSSR count). The summed E-state index contributed by atoms with van der Waals surface area (Å²) < 4.78 is 34.0. The first kappa shape index (κ1) is 21.7. The van der Waals surface area contributed by atoms with Gasteiger partial charge < -0.3 is 21.1 Å². The molecule has 0 saturated carbocycles. The van der Waals surface area contributed by atoms with E-state index in [9.17, 15) is 8.42 Å². The largest absolute Gasteiger partial charge is 0.490 e. The molecule has 9 nitrogen and oxygen atoms in total. The third-order valence-electron chi connectivity index (χ3n) is 4.93. The molecule has 0 amide bonds. The Balaban J connectivity index is 0.00000256. The molecule has 2 aliphatic rings. The first-order chi connectivity index (χ1) is 13.8. The standard InChI is InChI=1S/C19H22N6O3S.ClH/c1-25-8-9-28-18-11-14(5-7-17(18)25)29(26,27)24-13-4-2-12-3-6-16(15(12)10-13)22-23-19(20)21;/h2,4-5,7,10-11,24H,3,6,8-9H2,1H3,(H4,20,21,23);1H/b22-16-;. The molecule has 11 heteroatoms. The van der Waals surface area contributed by atoms with E-state index in [4.69, 9.17) is 16.2 Å². The maximum Gasteiger partial charge on any atom is 0.262 e. The van der Waals surface area contributed by atoms with Crippen LogP contribution in [0.15, 0.2) is 51.5 Å². The molecule has 0 bridgehead atoms. The van der Waals surface area contributed by atoms with Gasteiger partial charge >= 0.3 is 0 Å². The van der Waals surface area contributed by atoms with Crippen LogP contribution in [0.3, 0.4) is 0 Å². The number of nitrogens with one attached hydrogen (secondary N) is 1. The van der Waals surface area contributed by atoms with Crippen LogP contribution in [-0.2, 0) is 16.4 Å². The summed E-state index contributed by atoms with van der Waals surface area (Å²) in [4.78, 5) is 2.17. The molecule has 30 heavy (non-hydrogen) atoms. The van der Waals surface area contributed by atoms with Gasteiger partial charge in [0.1, 0.15) is 12.4 Å². The Morgan fingerprint density at radius 2 is 1.97 bits per heavy atom. The van der Waals surface area contributed by atoms with Crippen LogP contribution >= 0.6 is 12.4 Å². The second kappa shape index (κ2) is 8.41. The highest BCUT2D eigenvalue weighted by molar-refractivity contribution is 7.92. The van der Waals surface area contributed by atoms with Gasteiger partial charge in [0, 0.05) is 24.4 Å². The zero-order chi connectivity index (χ0) is 20.6. The number of likely N-dealkylation sites (N-methyl/N-ethyl adjacent to an activating group) is 1. The van der Waals surface area contributed by atoms with Crippen LogP contribution in [0.5, 0.6) is 5.75 Å². The lowest BCUT2D eigenvalue weighted by Crippen LogP contribution is -2.29. The molecule has 0 fully saturated rings. The zero-order valence-electron chi connectivity index (χ0n) is 16.3. The van der Waals surface area contributed by atoms with Gasteiger partial charge in [-0.25, -0.2) is 8.42 Å². The third-order valence-corrected chi connectivity index (χ3v) is 6.31. The van der Waals surface area contributed by atoms with E-state index in [0.29, 0.717) is 24.5 Å². The number of sulfonamides is 1. The summed E-state index contributed by atoms with van der Waals surface area (Å²) in [5.74, 6) is 0.435. The maximum atomic E-state index is 12.9. The normalized spacial score (nSPS) is 16.2. The highest BCUT2D eigenvalue weighted by Crippen LogP contribution is 2.33. The Hall–Kier alpha value is -2.98. The fourth-order valence-electron chi connectivity index (χ4n) is 3.46. The SMILES string of the molecule is CN1CCOc2cc(S(=O)(=O)Nc3ccc4c(c3)/C(=N\N=C(N)N)CC4)ccc21.Cl. The van der Waals surface area contributed by atoms with Crippen LogP contribution in [0.1, 0.15) is 17.5 Å². The molecule has 2 aromatic rings. The summed E-state index contributed by atoms with van der Waals surface area (Å²) in [6.45, 7) is 1.28. The maximum absolute atomic E-state index is 12.9. The molecule has 1 aliphatic heterocycles. The lowest BCUT2D eigenvalue weighted by atomic mass is 10.1. The summed E-state index contributed by atoms with van der Waals surface area (Å²) in [5.41, 5.74) is 14.6. The van der Waals surface area contributed by atoms with Crippen molar-refractivity contribution in [1.82, 2.24) is 0 Å². The van der Waals surface area contributed by atoms with Crippen LogP contribution in [0.4, 0.5) is 11.4 Å². The van der Waals surface area contributed by atoms with Crippen molar-refractivity contribution in [1.29, 1.82) is 0 Å². The van der Waals surface area contributed by atoms with Crippen LogP contribution in [-0.4, -0.2) is 40.3 Å². The van der Waals surface area contributed by atoms with E-state index in [0.717, 1.165) is 35.5 Å². The van der Waals surface area contributed by atoms with Crippen molar-refractivity contribution in [2.45, 2.75) is 17.7 Å². The lowest BCUT2D eigenvalue weighted by Gasteiger charge is -2.27. The molecule has 2 aromatic carbocycles. The molecule has 1 heterocycles. The number of halogens is 1. The van der Waals surface area contributed by atoms with Crippen molar-refractivity contribution in [2.75, 3.05) is 29.8 Å². The number of hydrogen-bond donors (Lipinski definition) is 3. The van der Waals surface area contributed by atoms with Crippen LogP contribution in [0, 0.1) is 0 Å². The molecular weight excluding hydrogens is 428 g/mol. The number of fused-ring (bicyclic) bond motifs is 2. The van der Waals surface area contributed by atoms with Crippen molar-refractivity contribution in [3.05, 3.63) is 47.5 Å². The van der Waals surface area contributed by atoms with Gasteiger partial charge in [0.25, 0.3) is 10.0 Å². The van der Waals surface area contributed by atoms with Crippen LogP contribution < -0.4 is 25.8 Å². The van der Waals surface area contributed by atoms with Gasteiger partial charge in [0.05, 0.1) is 22.8 Å². The average molecular weight is 451 g/mol. The van der Waals surface area contributed by atoms with Gasteiger partial charge in [-0.2, -0.15) is 5.10 Å². The lowest BCUT2D eigenvalue weighted by molar-refractivity contribution is 0.310. The Labute approximate surface area is 181 Å². The van der Waals surface area contributed by atoms with Crippen molar-refractivity contribution >= 4 is 45.5 Å². The van der Waals surface area contributed by atoms with Gasteiger partial charge in [-0.3, -0.25) is 4.72 Å². The Morgan fingerprint density at radius 3 is 2.73 bits per heavy atom. The number of nitrogens with two attached hydrogens (primary N) is 2. The number of nitrogens with zero attached hydrogens (tertiary/aromatic N) is 3. The van der Waals surface area contributed by atoms with Crippen LogP contribution in [0.25, 0.3) is 0 Å². The Bertz CT molecular complexity index is 1130. The monoisotopic (exact) mass is 450 g/mol. The predicted octanol–water partition coefficient (Wildman–Crippen LogP) is 1.66. The average Bonchev–Trinajstić information content (AvgIpc) is 3.08. The summed E-state index contributed by atoms with van der Waals surface area (Å²) in [6.07, 6.45) is 1.49. The van der Waals surface area contributed by atoms with Crippen molar-refractivity contribution < 1.29 is 13.2 Å². The Morgan fingerprint density at radius 1 is 1.17 bits per heavy atom. The van der Waals surface area contributed by atoms with E-state index >= 15 is 0 Å². The first-order valence-electron chi connectivity index (χ1n) is 9.13. The zero-order valence-corrected chi connectivity index (χ0v) is 18.0. The second-order valence-corrected chi connectivity index (χ2v) is 8.63. The van der Waals surface area contributed by atoms with E-state index in [-0.39, 0.29) is 23.3 Å². The van der Waals surface area contributed by atoms with Gasteiger partial charge in [-0.1, -0.05) is 6.07 Å². The molecular formula is C19H23ClN6O3S. The fourth-order valence-corrected chi connectivity index (χ4v) is 4.52. The smallest absolute Gasteiger partial charge is 0.262 e. The quantitative estimate of drug-likeness (QED) is 0.368. The van der Waals surface area contributed by atoms with E-state index in [1.165, 1.54) is 0 Å². The van der Waals surface area contributed by atoms with E-state index in [1.807, 2.05) is 18.0 Å². The van der Waals surface area contributed by atoms with Crippen molar-refractivity contribution in [3.8, 4) is 5.75 Å². The van der Waals surface area contributed by atoms with E-state index < -0.39 is 10.0 Å². The molecule has 160 valence electrons. The van der Waals surface area contributed by atoms with E-state index in [2.05, 4.69) is 14.9 Å². The molecule has 5 N–H and O–H groups in total. The number of benzene rings is 2. The summed E-state index contributed by atoms with van der Waals surface area (Å²) in [6, 6.07) is 10.3. The predicted molar refractivity (Wildman–Crippen MR) is 120 cm³/mol. The minimum absolute atomic E-state index is 0. The number of anilines is 2. The third kappa shape index (κ3) is 4.29. The molecule has 0 atom stereocenters. The van der Waals surface area contributed by atoms with Crippen molar-refractivity contribution in [2.24, 2.45) is 21.7 Å².